The van der Waals surface area contributed by atoms with E-state index in [2.05, 4.69) is 9.72 Å². The van der Waals surface area contributed by atoms with Gasteiger partial charge in [-0.25, -0.2) is 18.2 Å². The summed E-state index contributed by atoms with van der Waals surface area (Å²) < 4.78 is 42.1. The zero-order valence-corrected chi connectivity index (χ0v) is 15.9. The number of nitrogens with zero attached hydrogens (tertiary/aromatic N) is 2. The number of hydrogen-bond donors (Lipinski definition) is 0. The van der Waals surface area contributed by atoms with Gasteiger partial charge in [0.2, 0.25) is 15.9 Å². The van der Waals surface area contributed by atoms with E-state index in [4.69, 9.17) is 9.47 Å². The lowest BCUT2D eigenvalue weighted by Crippen LogP contribution is -2.27. The maximum absolute atomic E-state index is 12.5. The minimum absolute atomic E-state index is 0.129. The zero-order chi connectivity index (χ0) is 19.4. The third kappa shape index (κ3) is 4.04. The molecule has 3 rings (SSSR count). The monoisotopic (exact) mass is 392 g/mol. The number of carbonyl (C=O) groups excluding carboxylic acids is 1. The Balaban J connectivity index is 1.79. The molecule has 0 bridgehead atoms. The molecule has 1 aliphatic rings. The van der Waals surface area contributed by atoms with E-state index in [1.54, 1.807) is 6.07 Å². The molecule has 0 radical (unpaired) electrons. The smallest absolute Gasteiger partial charge is 0.337 e. The van der Waals surface area contributed by atoms with Crippen molar-refractivity contribution in [3.05, 3.63) is 42.1 Å². The molecule has 0 atom stereocenters. The van der Waals surface area contributed by atoms with Crippen LogP contribution in [0.25, 0.3) is 0 Å². The lowest BCUT2D eigenvalue weighted by Gasteiger charge is -2.15. The molecule has 1 fully saturated rings. The first-order chi connectivity index (χ1) is 13.0. The van der Waals surface area contributed by atoms with Gasteiger partial charge in [0.15, 0.2) is 11.5 Å². The summed E-state index contributed by atoms with van der Waals surface area (Å²) in [6, 6.07) is 7.53. The highest BCUT2D eigenvalue weighted by atomic mass is 32.2. The van der Waals surface area contributed by atoms with Crippen LogP contribution in [0.4, 0.5) is 0 Å². The van der Waals surface area contributed by atoms with Crippen LogP contribution in [0.5, 0.6) is 17.4 Å². The second kappa shape index (κ2) is 7.93. The van der Waals surface area contributed by atoms with Crippen molar-refractivity contribution < 1.29 is 27.4 Å². The average molecular weight is 392 g/mol. The van der Waals surface area contributed by atoms with Gasteiger partial charge in [0.25, 0.3) is 0 Å². The summed E-state index contributed by atoms with van der Waals surface area (Å²) in [7, 11) is -0.781. The third-order valence-electron chi connectivity index (χ3n) is 4.21. The van der Waals surface area contributed by atoms with Crippen LogP contribution in [-0.4, -0.2) is 51.0 Å². The van der Waals surface area contributed by atoms with Crippen LogP contribution < -0.4 is 9.47 Å². The molecule has 1 aliphatic heterocycles. The van der Waals surface area contributed by atoms with Gasteiger partial charge in [-0.1, -0.05) is 0 Å². The Morgan fingerprint density at radius 1 is 1.07 bits per heavy atom. The Labute approximate surface area is 157 Å². The molecule has 0 spiro atoms. The number of benzene rings is 1. The summed E-state index contributed by atoms with van der Waals surface area (Å²) in [6.07, 6.45) is 3.02. The summed E-state index contributed by atoms with van der Waals surface area (Å²) in [5, 5.41) is 0. The first kappa shape index (κ1) is 19.1. The fourth-order valence-electron chi connectivity index (χ4n) is 2.77. The molecule has 0 unspecified atom stereocenters. The maximum atomic E-state index is 12.5. The number of hydrogen-bond acceptors (Lipinski definition) is 7. The van der Waals surface area contributed by atoms with Crippen LogP contribution in [0.3, 0.4) is 0 Å². The van der Waals surface area contributed by atoms with Crippen LogP contribution in [0.1, 0.15) is 23.2 Å². The van der Waals surface area contributed by atoms with Crippen molar-refractivity contribution in [2.24, 2.45) is 0 Å². The second-order valence-corrected chi connectivity index (χ2v) is 7.84. The largest absolute Gasteiger partial charge is 0.493 e. The Morgan fingerprint density at radius 2 is 1.81 bits per heavy atom. The Hall–Kier alpha value is -2.65. The summed E-state index contributed by atoms with van der Waals surface area (Å²) in [4.78, 5) is 15.8. The molecule has 1 aromatic carbocycles. The summed E-state index contributed by atoms with van der Waals surface area (Å²) in [6.45, 7) is 1.06. The van der Waals surface area contributed by atoms with Gasteiger partial charge < -0.3 is 14.2 Å². The summed E-state index contributed by atoms with van der Waals surface area (Å²) >= 11 is 0. The highest BCUT2D eigenvalue weighted by molar-refractivity contribution is 7.89. The van der Waals surface area contributed by atoms with Gasteiger partial charge in [-0.2, -0.15) is 4.31 Å². The Kier molecular flexibility index (Phi) is 5.62. The molecule has 2 aromatic rings. The number of pyridine rings is 1. The minimum atomic E-state index is -3.52. The van der Waals surface area contributed by atoms with Gasteiger partial charge in [-0.15, -0.1) is 0 Å². The number of sulfonamides is 1. The van der Waals surface area contributed by atoms with E-state index in [1.807, 2.05) is 0 Å². The minimum Gasteiger partial charge on any atom is -0.493 e. The van der Waals surface area contributed by atoms with E-state index < -0.39 is 16.0 Å². The molecule has 9 heteroatoms. The maximum Gasteiger partial charge on any atom is 0.337 e. The number of rotatable bonds is 6. The molecule has 0 saturated carbocycles. The lowest BCUT2D eigenvalue weighted by molar-refractivity contribution is 0.0600. The van der Waals surface area contributed by atoms with Crippen LogP contribution in [-0.2, 0) is 14.8 Å². The molecule has 0 amide bonds. The van der Waals surface area contributed by atoms with Crippen molar-refractivity contribution >= 4 is 16.0 Å². The number of carbonyl (C=O) groups is 1. The zero-order valence-electron chi connectivity index (χ0n) is 15.0. The second-order valence-electron chi connectivity index (χ2n) is 5.90. The summed E-state index contributed by atoms with van der Waals surface area (Å²) in [5.74, 6) is 0.384. The van der Waals surface area contributed by atoms with Gasteiger partial charge in [0.1, 0.15) is 4.90 Å². The number of aromatic nitrogens is 1. The highest BCUT2D eigenvalue weighted by Gasteiger charge is 2.27. The number of esters is 1. The topological polar surface area (TPSA) is 95.0 Å². The average Bonchev–Trinajstić information content (AvgIpc) is 3.24. The molecule has 144 valence electrons. The van der Waals surface area contributed by atoms with Crippen LogP contribution >= 0.6 is 0 Å². The SMILES string of the molecule is COC(=O)c1ccc(Oc2ccc(S(=O)(=O)N3CCCC3)cn2)c(OC)c1. The van der Waals surface area contributed by atoms with Gasteiger partial charge in [-0.05, 0) is 37.1 Å². The van der Waals surface area contributed by atoms with E-state index in [0.717, 1.165) is 12.8 Å². The van der Waals surface area contributed by atoms with Crippen molar-refractivity contribution in [3.63, 3.8) is 0 Å². The standard InChI is InChI=1S/C18H20N2O6S/c1-24-16-11-13(18(21)25-2)5-7-15(16)26-17-8-6-14(12-19-17)27(22,23)20-9-3-4-10-20/h5-8,11-12H,3-4,9-10H2,1-2H3. The molecule has 0 aliphatic carbocycles. The van der Waals surface area contributed by atoms with E-state index in [1.165, 1.54) is 49.0 Å². The molecular weight excluding hydrogens is 372 g/mol. The van der Waals surface area contributed by atoms with Crippen molar-refractivity contribution in [1.29, 1.82) is 0 Å². The Bertz CT molecular complexity index is 921. The predicted molar refractivity (Wildman–Crippen MR) is 96.6 cm³/mol. The lowest BCUT2D eigenvalue weighted by atomic mass is 10.2. The van der Waals surface area contributed by atoms with Gasteiger partial charge in [0, 0.05) is 19.2 Å². The Morgan fingerprint density at radius 3 is 2.41 bits per heavy atom. The normalized spacial score (nSPS) is 14.7. The van der Waals surface area contributed by atoms with E-state index in [-0.39, 0.29) is 10.8 Å². The van der Waals surface area contributed by atoms with E-state index in [0.29, 0.717) is 30.2 Å². The molecule has 8 nitrogen and oxygen atoms in total. The van der Waals surface area contributed by atoms with Crippen molar-refractivity contribution in [2.45, 2.75) is 17.7 Å². The predicted octanol–water partition coefficient (Wildman–Crippen LogP) is 2.45. The van der Waals surface area contributed by atoms with Crippen LogP contribution in [0.2, 0.25) is 0 Å². The van der Waals surface area contributed by atoms with Crippen LogP contribution in [0.15, 0.2) is 41.4 Å². The van der Waals surface area contributed by atoms with Gasteiger partial charge in [0.05, 0.1) is 26.0 Å². The fraction of sp³-hybridized carbons (Fsp3) is 0.333. The molecule has 0 N–H and O–H groups in total. The van der Waals surface area contributed by atoms with E-state index in [9.17, 15) is 13.2 Å². The third-order valence-corrected chi connectivity index (χ3v) is 6.09. The first-order valence-corrected chi connectivity index (χ1v) is 9.80. The molecule has 27 heavy (non-hydrogen) atoms. The molecule has 1 saturated heterocycles. The van der Waals surface area contributed by atoms with Crippen molar-refractivity contribution in [3.8, 4) is 17.4 Å². The number of methoxy groups -OCH3 is 2. The van der Waals surface area contributed by atoms with E-state index >= 15 is 0 Å². The first-order valence-electron chi connectivity index (χ1n) is 8.36. The molecule has 1 aromatic heterocycles. The highest BCUT2D eigenvalue weighted by Crippen LogP contribution is 2.32. The van der Waals surface area contributed by atoms with Crippen LogP contribution in [0, 0.1) is 0 Å². The molecule has 2 heterocycles. The van der Waals surface area contributed by atoms with Gasteiger partial charge in [-0.3, -0.25) is 0 Å². The fourth-order valence-corrected chi connectivity index (χ4v) is 4.23. The number of ether oxygens (including phenoxy) is 3. The summed E-state index contributed by atoms with van der Waals surface area (Å²) in [5.41, 5.74) is 0.321. The van der Waals surface area contributed by atoms with Gasteiger partial charge >= 0.3 is 5.97 Å². The molecular formula is C18H20N2O6S. The van der Waals surface area contributed by atoms with Crippen molar-refractivity contribution in [2.75, 3.05) is 27.3 Å². The quantitative estimate of drug-likeness (QED) is 0.697. The van der Waals surface area contributed by atoms with Crippen molar-refractivity contribution in [1.82, 2.24) is 9.29 Å².